The number of nitrogens with two attached hydrogens (primary N) is 1. The molecule has 0 amide bonds. The van der Waals surface area contributed by atoms with Crippen LogP contribution in [0.4, 0.5) is 0 Å². The van der Waals surface area contributed by atoms with Crippen LogP contribution >= 0.6 is 12.4 Å². The van der Waals surface area contributed by atoms with Crippen molar-refractivity contribution >= 4 is 12.4 Å². The van der Waals surface area contributed by atoms with Crippen molar-refractivity contribution in [1.29, 1.82) is 0 Å². The molecule has 0 aliphatic heterocycles. The molecule has 0 aromatic heterocycles. The molecule has 0 heterocycles. The third-order valence-corrected chi connectivity index (χ3v) is 1.83. The summed E-state index contributed by atoms with van der Waals surface area (Å²) in [5.41, 5.74) is 9.50. The van der Waals surface area contributed by atoms with E-state index in [4.69, 9.17) is 5.73 Å². The van der Waals surface area contributed by atoms with Crippen molar-refractivity contribution in [3.05, 3.63) is 17.9 Å². The highest BCUT2D eigenvalue weighted by Gasteiger charge is 1.92. The van der Waals surface area contributed by atoms with Gasteiger partial charge < -0.3 is 5.73 Å². The van der Waals surface area contributed by atoms with Gasteiger partial charge in [-0.3, -0.25) is 0 Å². The van der Waals surface area contributed by atoms with Gasteiger partial charge in [-0.2, -0.15) is 0 Å². The molecule has 0 rings (SSSR count). The zero-order chi connectivity index (χ0) is 8.53. The van der Waals surface area contributed by atoms with Gasteiger partial charge >= 0.3 is 0 Å². The highest BCUT2D eigenvalue weighted by molar-refractivity contribution is 5.85. The van der Waals surface area contributed by atoms with Gasteiger partial charge in [0.25, 0.3) is 0 Å². The molecular weight excluding hydrogens is 170 g/mol. The summed E-state index contributed by atoms with van der Waals surface area (Å²) < 4.78 is 0. The second-order valence-electron chi connectivity index (χ2n) is 2.80. The normalized spacial score (nSPS) is 8.50. The predicted octanol–water partition coefficient (Wildman–Crippen LogP) is 3.05. The summed E-state index contributed by atoms with van der Waals surface area (Å²) in [4.78, 5) is 0. The zero-order valence-electron chi connectivity index (χ0n) is 7.94. The van der Waals surface area contributed by atoms with Gasteiger partial charge in [0, 0.05) is 6.54 Å². The molecule has 0 bridgehead atoms. The van der Waals surface area contributed by atoms with E-state index in [-0.39, 0.29) is 12.4 Å². The lowest BCUT2D eigenvalue weighted by Crippen LogP contribution is -2.01. The Hall–Kier alpha value is -0.230. The standard InChI is InChI=1S/C10H19N.ClH/c1-3-5-6-7-8-10(4-2)9-11;/h2-3,5-9,11H2,1H3;1H. The minimum absolute atomic E-state index is 0. The SMILES string of the molecule is C=C=C(CN)CCCCCC.Cl. The lowest BCUT2D eigenvalue weighted by atomic mass is 10.1. The summed E-state index contributed by atoms with van der Waals surface area (Å²) in [6, 6.07) is 0. The molecule has 0 spiro atoms. The van der Waals surface area contributed by atoms with Crippen LogP contribution in [0.5, 0.6) is 0 Å². The molecule has 0 aliphatic rings. The van der Waals surface area contributed by atoms with Gasteiger partial charge in [0.2, 0.25) is 0 Å². The van der Waals surface area contributed by atoms with Gasteiger partial charge in [-0.1, -0.05) is 32.8 Å². The average Bonchev–Trinajstić information content (AvgIpc) is 2.05. The number of hydrogen-bond acceptors (Lipinski definition) is 1. The van der Waals surface area contributed by atoms with Gasteiger partial charge in [-0.15, -0.1) is 18.1 Å². The van der Waals surface area contributed by atoms with Gasteiger partial charge in [0.1, 0.15) is 0 Å². The summed E-state index contributed by atoms with van der Waals surface area (Å²) >= 11 is 0. The molecule has 0 saturated heterocycles. The summed E-state index contributed by atoms with van der Waals surface area (Å²) in [7, 11) is 0. The summed E-state index contributed by atoms with van der Waals surface area (Å²) in [5.74, 6) is 0. The van der Waals surface area contributed by atoms with Crippen LogP contribution in [0.25, 0.3) is 0 Å². The molecule has 0 saturated carbocycles. The van der Waals surface area contributed by atoms with Crippen LogP contribution in [0.15, 0.2) is 17.9 Å². The molecule has 0 unspecified atom stereocenters. The van der Waals surface area contributed by atoms with Crippen LogP contribution < -0.4 is 5.73 Å². The second kappa shape index (κ2) is 10.8. The van der Waals surface area contributed by atoms with E-state index in [1.54, 1.807) is 0 Å². The molecule has 0 aromatic carbocycles. The average molecular weight is 190 g/mol. The molecule has 0 radical (unpaired) electrons. The molecule has 12 heavy (non-hydrogen) atoms. The number of halogens is 1. The van der Waals surface area contributed by atoms with Gasteiger partial charge in [-0.05, 0) is 18.4 Å². The number of unbranched alkanes of at least 4 members (excludes halogenated alkanes) is 3. The second-order valence-corrected chi connectivity index (χ2v) is 2.80. The molecule has 0 atom stereocenters. The third-order valence-electron chi connectivity index (χ3n) is 1.83. The first-order valence-corrected chi connectivity index (χ1v) is 4.43. The smallest absolute Gasteiger partial charge is 0.0213 e. The van der Waals surface area contributed by atoms with Crippen LogP contribution in [0, 0.1) is 0 Å². The Balaban J connectivity index is 0. The maximum Gasteiger partial charge on any atom is 0.0213 e. The largest absolute Gasteiger partial charge is 0.326 e. The molecule has 1 nitrogen and oxygen atoms in total. The van der Waals surface area contributed by atoms with Crippen LogP contribution in [-0.2, 0) is 0 Å². The van der Waals surface area contributed by atoms with E-state index < -0.39 is 0 Å². The number of rotatable bonds is 6. The molecular formula is C10H20ClN. The van der Waals surface area contributed by atoms with Crippen molar-refractivity contribution in [3.63, 3.8) is 0 Å². The van der Waals surface area contributed by atoms with Gasteiger partial charge in [-0.25, -0.2) is 0 Å². The summed E-state index contributed by atoms with van der Waals surface area (Å²) in [6.07, 6.45) is 6.25. The van der Waals surface area contributed by atoms with Gasteiger partial charge in [0.15, 0.2) is 0 Å². The van der Waals surface area contributed by atoms with E-state index in [1.807, 2.05) is 0 Å². The van der Waals surface area contributed by atoms with E-state index in [9.17, 15) is 0 Å². The van der Waals surface area contributed by atoms with Crippen molar-refractivity contribution in [3.8, 4) is 0 Å². The Morgan fingerprint density at radius 3 is 2.42 bits per heavy atom. The molecule has 2 heteroatoms. The Morgan fingerprint density at radius 2 is 2.00 bits per heavy atom. The van der Waals surface area contributed by atoms with Crippen molar-refractivity contribution in [2.24, 2.45) is 5.73 Å². The fourth-order valence-corrected chi connectivity index (χ4v) is 1.03. The fraction of sp³-hybridized carbons (Fsp3) is 0.700. The van der Waals surface area contributed by atoms with Crippen molar-refractivity contribution in [2.45, 2.75) is 39.0 Å². The molecule has 2 N–H and O–H groups in total. The molecule has 0 aliphatic carbocycles. The highest BCUT2D eigenvalue weighted by atomic mass is 35.5. The molecule has 0 aromatic rings. The third kappa shape index (κ3) is 7.87. The summed E-state index contributed by atoms with van der Waals surface area (Å²) in [5, 5.41) is 0. The lowest BCUT2D eigenvalue weighted by molar-refractivity contribution is 0.661. The fourth-order valence-electron chi connectivity index (χ4n) is 1.03. The quantitative estimate of drug-likeness (QED) is 0.505. The maximum atomic E-state index is 5.46. The van der Waals surface area contributed by atoms with Crippen LogP contribution in [-0.4, -0.2) is 6.54 Å². The predicted molar refractivity (Wildman–Crippen MR) is 57.7 cm³/mol. The Labute approximate surface area is 82.1 Å². The van der Waals surface area contributed by atoms with E-state index in [0.29, 0.717) is 6.54 Å². The molecule has 72 valence electrons. The Bertz CT molecular complexity index is 137. The lowest BCUT2D eigenvalue weighted by Gasteiger charge is -2.00. The first-order valence-electron chi connectivity index (χ1n) is 4.43. The van der Waals surface area contributed by atoms with Crippen molar-refractivity contribution < 1.29 is 0 Å². The topological polar surface area (TPSA) is 26.0 Å². The van der Waals surface area contributed by atoms with Crippen LogP contribution in [0.1, 0.15) is 39.0 Å². The summed E-state index contributed by atoms with van der Waals surface area (Å²) in [6.45, 7) is 6.42. The van der Waals surface area contributed by atoms with Crippen LogP contribution in [0.3, 0.4) is 0 Å². The first-order chi connectivity index (χ1) is 5.35. The first kappa shape index (κ1) is 14.3. The maximum absolute atomic E-state index is 5.46. The van der Waals surface area contributed by atoms with Gasteiger partial charge in [0.05, 0.1) is 0 Å². The van der Waals surface area contributed by atoms with E-state index >= 15 is 0 Å². The minimum Gasteiger partial charge on any atom is -0.326 e. The van der Waals surface area contributed by atoms with E-state index in [2.05, 4.69) is 19.2 Å². The Kier molecular flexibility index (Phi) is 12.8. The number of hydrogen-bond donors (Lipinski definition) is 1. The Morgan fingerprint density at radius 1 is 1.33 bits per heavy atom. The molecule has 0 fully saturated rings. The van der Waals surface area contributed by atoms with E-state index in [1.165, 1.54) is 31.3 Å². The van der Waals surface area contributed by atoms with E-state index in [0.717, 1.165) is 6.42 Å². The highest BCUT2D eigenvalue weighted by Crippen LogP contribution is 2.07. The van der Waals surface area contributed by atoms with Crippen molar-refractivity contribution in [2.75, 3.05) is 6.54 Å². The van der Waals surface area contributed by atoms with Crippen molar-refractivity contribution in [1.82, 2.24) is 0 Å². The zero-order valence-corrected chi connectivity index (χ0v) is 8.75. The minimum atomic E-state index is 0. The van der Waals surface area contributed by atoms with Crippen LogP contribution in [0.2, 0.25) is 0 Å². The monoisotopic (exact) mass is 189 g/mol.